The number of hydrogen-bond donors (Lipinski definition) is 3. The van der Waals surface area contributed by atoms with Gasteiger partial charge in [-0.05, 0) is 36.1 Å². The van der Waals surface area contributed by atoms with Gasteiger partial charge in [-0.2, -0.15) is 8.42 Å². The molecule has 3 rings (SSSR count). The Bertz CT molecular complexity index is 1170. The summed E-state index contributed by atoms with van der Waals surface area (Å²) in [6.45, 7) is 0.450. The second-order valence-corrected chi connectivity index (χ2v) is 10.4. The topological polar surface area (TPSA) is 143 Å². The first kappa shape index (κ1) is 27.7. The number of rotatable bonds is 12. The number of methoxy groups -OCH3 is 2. The normalized spacial score (nSPS) is 17.1. The summed E-state index contributed by atoms with van der Waals surface area (Å²) in [7, 11) is -1.53. The number of benzene rings is 2. The van der Waals surface area contributed by atoms with E-state index in [1.54, 1.807) is 19.2 Å². The molecule has 1 unspecified atom stereocenters. The highest BCUT2D eigenvalue weighted by atomic mass is 32.2. The lowest BCUT2D eigenvalue weighted by atomic mass is 9.97. The number of nitrogens with one attached hydrogen (secondary N) is 2. The minimum absolute atomic E-state index is 0.0449. The van der Waals surface area contributed by atoms with Crippen LogP contribution in [0.5, 0.6) is 0 Å². The van der Waals surface area contributed by atoms with E-state index in [1.807, 2.05) is 35.1 Å². The Balaban J connectivity index is 1.81. The largest absolute Gasteiger partial charge is 0.468 e. The van der Waals surface area contributed by atoms with Crippen LogP contribution in [-0.4, -0.2) is 68.6 Å². The third kappa shape index (κ3) is 8.33. The number of nitrogens with zero attached hydrogens (tertiary/aromatic N) is 1. The van der Waals surface area contributed by atoms with E-state index in [0.717, 1.165) is 11.1 Å². The Kier molecular flexibility index (Phi) is 9.88. The Labute approximate surface area is 214 Å². The minimum atomic E-state index is -4.38. The number of amides is 1. The molecule has 0 aliphatic carbocycles. The molecule has 2 aromatic rings. The molecular weight excluding hydrogens is 506 g/mol. The van der Waals surface area contributed by atoms with E-state index >= 15 is 0 Å². The summed E-state index contributed by atoms with van der Waals surface area (Å²) in [5.41, 5.74) is 1.81. The van der Waals surface area contributed by atoms with Crippen molar-refractivity contribution < 1.29 is 32.0 Å². The maximum atomic E-state index is 13.3. The van der Waals surface area contributed by atoms with Crippen molar-refractivity contribution in [3.63, 3.8) is 0 Å². The molecule has 0 spiro atoms. The lowest BCUT2D eigenvalue weighted by molar-refractivity contribution is -0.150. The summed E-state index contributed by atoms with van der Waals surface area (Å²) in [5.74, 6) is -1.44. The summed E-state index contributed by atoms with van der Waals surface area (Å²) in [5, 5.41) is 3.69. The predicted molar refractivity (Wildman–Crippen MR) is 138 cm³/mol. The highest BCUT2D eigenvalue weighted by Gasteiger charge is 2.32. The predicted octanol–water partition coefficient (Wildman–Crippen LogP) is 2.12. The third-order valence-corrected chi connectivity index (χ3v) is 7.16. The molecule has 3 atom stereocenters. The molecule has 0 aromatic heterocycles. The first-order valence-electron chi connectivity index (χ1n) is 11.1. The van der Waals surface area contributed by atoms with Gasteiger partial charge in [-0.1, -0.05) is 42.5 Å². The van der Waals surface area contributed by atoms with Gasteiger partial charge in [0.05, 0.1) is 36.5 Å². The van der Waals surface area contributed by atoms with Gasteiger partial charge in [-0.25, -0.2) is 0 Å². The summed E-state index contributed by atoms with van der Waals surface area (Å²) in [4.78, 5) is 30.5. The fourth-order valence-electron chi connectivity index (χ4n) is 3.75. The monoisotopic (exact) mass is 535 g/mol. The molecule has 12 heteroatoms. The van der Waals surface area contributed by atoms with Gasteiger partial charge in [0.15, 0.2) is 0 Å². The average Bonchev–Trinajstić information content (AvgIpc) is 3.31. The van der Waals surface area contributed by atoms with Gasteiger partial charge in [0.2, 0.25) is 5.91 Å². The summed E-state index contributed by atoms with van der Waals surface area (Å²) in [6, 6.07) is 15.0. The van der Waals surface area contributed by atoms with Crippen molar-refractivity contribution >= 4 is 44.7 Å². The molecule has 0 radical (unpaired) electrons. The van der Waals surface area contributed by atoms with Gasteiger partial charge in [0.1, 0.15) is 5.92 Å². The van der Waals surface area contributed by atoms with Crippen LogP contribution in [0, 0.1) is 5.92 Å². The summed E-state index contributed by atoms with van der Waals surface area (Å²) >= 11 is 1.52. The van der Waals surface area contributed by atoms with Crippen LogP contribution in [0.1, 0.15) is 11.1 Å². The van der Waals surface area contributed by atoms with Gasteiger partial charge in [-0.15, -0.1) is 11.8 Å². The zero-order chi connectivity index (χ0) is 26.1. The fraction of sp³-hybridized carbons (Fsp3) is 0.375. The maximum Gasteiger partial charge on any atom is 0.357 e. The van der Waals surface area contributed by atoms with Crippen molar-refractivity contribution in [3.8, 4) is 0 Å². The van der Waals surface area contributed by atoms with E-state index in [-0.39, 0.29) is 18.2 Å². The second kappa shape index (κ2) is 12.9. The molecular formula is C24H29N3O7S2. The van der Waals surface area contributed by atoms with Crippen molar-refractivity contribution in [3.05, 3.63) is 65.7 Å². The number of ether oxygens (including phenoxy) is 2. The number of aliphatic imine (C=N–C) groups is 1. The molecule has 0 saturated carbocycles. The van der Waals surface area contributed by atoms with Gasteiger partial charge >= 0.3 is 16.3 Å². The number of esters is 1. The SMILES string of the molecule is COCC1CSC([C@H](Cc2ccc(NS(=O)(=O)O)cc2)NC(=O)[C@H](Cc2ccccc2)C(=O)OC)=N1. The number of carbonyl (C=O) groups excluding carboxylic acids is 2. The summed E-state index contributed by atoms with van der Waals surface area (Å²) < 4.78 is 43.2. The quantitative estimate of drug-likeness (QED) is 0.213. The molecule has 1 aliphatic rings. The van der Waals surface area contributed by atoms with Gasteiger partial charge in [0.25, 0.3) is 0 Å². The molecule has 2 aromatic carbocycles. The van der Waals surface area contributed by atoms with E-state index in [4.69, 9.17) is 19.0 Å². The number of hydrogen-bond acceptors (Lipinski definition) is 8. The Morgan fingerprint density at radius 2 is 1.75 bits per heavy atom. The Morgan fingerprint density at radius 3 is 2.36 bits per heavy atom. The van der Waals surface area contributed by atoms with Gasteiger partial charge in [0, 0.05) is 12.9 Å². The van der Waals surface area contributed by atoms with Crippen LogP contribution in [0.4, 0.5) is 5.69 Å². The minimum Gasteiger partial charge on any atom is -0.468 e. The van der Waals surface area contributed by atoms with Crippen molar-refractivity contribution in [2.45, 2.75) is 24.9 Å². The maximum absolute atomic E-state index is 13.3. The van der Waals surface area contributed by atoms with Crippen LogP contribution in [0.15, 0.2) is 59.6 Å². The van der Waals surface area contributed by atoms with Crippen LogP contribution in [0.2, 0.25) is 0 Å². The second-order valence-electron chi connectivity index (χ2n) is 8.19. The smallest absolute Gasteiger partial charge is 0.357 e. The standard InChI is InChI=1S/C24H29N3O7S2/c1-33-14-19-15-35-23(25-19)21(13-17-8-10-18(11-9-17)27-36(30,31)32)26-22(28)20(24(29)34-2)12-16-6-4-3-5-7-16/h3-11,19-21,27H,12-15H2,1-2H3,(H,26,28)(H,30,31,32)/t19?,20-,21-/m0/s1. The first-order valence-corrected chi connectivity index (χ1v) is 13.6. The summed E-state index contributed by atoms with van der Waals surface area (Å²) in [6.07, 6.45) is 0.538. The van der Waals surface area contributed by atoms with E-state index in [2.05, 4.69) is 5.32 Å². The number of anilines is 1. The molecule has 3 N–H and O–H groups in total. The van der Waals surface area contributed by atoms with Crippen molar-refractivity contribution in [1.82, 2.24) is 5.32 Å². The highest BCUT2D eigenvalue weighted by molar-refractivity contribution is 8.14. The molecule has 0 bridgehead atoms. The molecule has 0 fully saturated rings. The average molecular weight is 536 g/mol. The van der Waals surface area contributed by atoms with Crippen LogP contribution >= 0.6 is 11.8 Å². The Hall–Kier alpha value is -2.93. The van der Waals surface area contributed by atoms with Crippen LogP contribution in [0.25, 0.3) is 0 Å². The fourth-order valence-corrected chi connectivity index (χ4v) is 5.28. The molecule has 10 nitrogen and oxygen atoms in total. The zero-order valence-corrected chi connectivity index (χ0v) is 21.6. The molecule has 1 amide bonds. The number of thioether (sulfide) groups is 1. The number of carbonyl (C=O) groups is 2. The van der Waals surface area contributed by atoms with Crippen LogP contribution < -0.4 is 10.0 Å². The molecule has 0 saturated heterocycles. The van der Waals surface area contributed by atoms with E-state index in [0.29, 0.717) is 23.8 Å². The van der Waals surface area contributed by atoms with Crippen LogP contribution in [0.3, 0.4) is 0 Å². The molecule has 1 heterocycles. The van der Waals surface area contributed by atoms with Crippen LogP contribution in [-0.2, 0) is 42.2 Å². The first-order chi connectivity index (χ1) is 17.2. The molecule has 36 heavy (non-hydrogen) atoms. The lowest BCUT2D eigenvalue weighted by Crippen LogP contribution is -2.46. The van der Waals surface area contributed by atoms with Crippen molar-refractivity contribution in [2.24, 2.45) is 10.9 Å². The van der Waals surface area contributed by atoms with E-state index in [9.17, 15) is 18.0 Å². The van der Waals surface area contributed by atoms with Crippen molar-refractivity contribution in [1.29, 1.82) is 0 Å². The van der Waals surface area contributed by atoms with Gasteiger partial charge in [-0.3, -0.25) is 23.9 Å². The van der Waals surface area contributed by atoms with Gasteiger partial charge < -0.3 is 14.8 Å². The third-order valence-electron chi connectivity index (χ3n) is 5.43. The van der Waals surface area contributed by atoms with Crippen molar-refractivity contribution in [2.75, 3.05) is 31.3 Å². The Morgan fingerprint density at radius 1 is 1.08 bits per heavy atom. The zero-order valence-electron chi connectivity index (χ0n) is 19.9. The van der Waals surface area contributed by atoms with E-state index < -0.39 is 34.1 Å². The molecule has 194 valence electrons. The highest BCUT2D eigenvalue weighted by Crippen LogP contribution is 2.24. The lowest BCUT2D eigenvalue weighted by Gasteiger charge is -2.22. The molecule has 1 aliphatic heterocycles. The van der Waals surface area contributed by atoms with E-state index in [1.165, 1.54) is 31.0 Å².